The van der Waals surface area contributed by atoms with Crippen LogP contribution >= 0.6 is 22.9 Å². The summed E-state index contributed by atoms with van der Waals surface area (Å²) in [5.41, 5.74) is 0.681. The zero-order valence-electron chi connectivity index (χ0n) is 18.0. The molecule has 174 valence electrons. The summed E-state index contributed by atoms with van der Waals surface area (Å²) in [5, 5.41) is 15.1. The second-order valence-electron chi connectivity index (χ2n) is 8.41. The van der Waals surface area contributed by atoms with Crippen LogP contribution in [0.5, 0.6) is 0 Å². The zero-order chi connectivity index (χ0) is 23.3. The molecule has 0 atom stereocenters. The van der Waals surface area contributed by atoms with Crippen LogP contribution in [0.1, 0.15) is 20.4 Å². The fraction of sp³-hybridized carbons (Fsp3) is 0.364. The molecule has 0 aliphatic carbocycles. The van der Waals surface area contributed by atoms with Crippen molar-refractivity contribution < 1.29 is 17.9 Å². The standard InChI is InChI=1S/C22H23ClN4O4S2/c1-24-7-6-19-20(14-24)32-22(27(19)29)21(28)25-8-10-26(11-9-25)33(30,31)18-5-3-15-12-17(23)4-2-16(15)13-18/h2-5,12-13H,6-11,14H2,1H3. The molecule has 3 aromatic rings. The molecule has 2 aliphatic heterocycles. The summed E-state index contributed by atoms with van der Waals surface area (Å²) < 4.78 is 28.6. The van der Waals surface area contributed by atoms with Crippen molar-refractivity contribution in [2.45, 2.75) is 17.9 Å². The van der Waals surface area contributed by atoms with Crippen molar-refractivity contribution in [2.75, 3.05) is 39.8 Å². The van der Waals surface area contributed by atoms with Crippen molar-refractivity contribution in [1.29, 1.82) is 0 Å². The van der Waals surface area contributed by atoms with Gasteiger partial charge >= 0.3 is 10.9 Å². The van der Waals surface area contributed by atoms with E-state index in [-0.39, 0.29) is 42.0 Å². The van der Waals surface area contributed by atoms with Crippen LogP contribution in [0.15, 0.2) is 41.3 Å². The molecule has 0 unspecified atom stereocenters. The summed E-state index contributed by atoms with van der Waals surface area (Å²) in [4.78, 5) is 17.9. The molecule has 11 heteroatoms. The number of carbonyl (C=O) groups is 1. The lowest BCUT2D eigenvalue weighted by atomic mass is 10.1. The predicted octanol–water partition coefficient (Wildman–Crippen LogP) is 2.32. The van der Waals surface area contributed by atoms with Crippen molar-refractivity contribution in [3.63, 3.8) is 0 Å². The molecule has 1 fully saturated rings. The lowest BCUT2D eigenvalue weighted by molar-refractivity contribution is -0.611. The first-order chi connectivity index (χ1) is 15.7. The molecule has 1 saturated heterocycles. The highest BCUT2D eigenvalue weighted by atomic mass is 35.5. The third kappa shape index (κ3) is 4.10. The van der Waals surface area contributed by atoms with Crippen LogP contribution in [0.2, 0.25) is 5.02 Å². The normalized spacial score (nSPS) is 17.9. The SMILES string of the molecule is CN1CCc2c(sc(C(=O)N3CCN(S(=O)(=O)c4ccc5cc(Cl)ccc5c4)CC3)[n+]2[O-])C1. The fourth-order valence-electron chi connectivity index (χ4n) is 4.34. The molecule has 0 radical (unpaired) electrons. The number of halogens is 1. The van der Waals surface area contributed by atoms with Crippen LogP contribution < -0.4 is 4.73 Å². The van der Waals surface area contributed by atoms with Gasteiger partial charge < -0.3 is 15.0 Å². The average Bonchev–Trinajstić information content (AvgIpc) is 3.13. The number of amides is 1. The summed E-state index contributed by atoms with van der Waals surface area (Å²) in [7, 11) is -1.71. The smallest absolute Gasteiger partial charge is 0.339 e. The highest BCUT2D eigenvalue weighted by Crippen LogP contribution is 2.27. The van der Waals surface area contributed by atoms with Gasteiger partial charge in [-0.1, -0.05) is 35.1 Å². The molecular weight excluding hydrogens is 484 g/mol. The minimum Gasteiger partial charge on any atom is -0.617 e. The number of rotatable bonds is 3. The number of piperazine rings is 1. The Bertz CT molecular complexity index is 1350. The van der Waals surface area contributed by atoms with Crippen LogP contribution in [0.4, 0.5) is 0 Å². The Balaban J connectivity index is 1.31. The second-order valence-corrected chi connectivity index (χ2v) is 11.9. The van der Waals surface area contributed by atoms with Gasteiger partial charge in [0, 0.05) is 50.7 Å². The molecule has 1 aromatic heterocycles. The van der Waals surface area contributed by atoms with Crippen LogP contribution in [0.25, 0.3) is 10.8 Å². The highest BCUT2D eigenvalue weighted by molar-refractivity contribution is 7.89. The number of thiazole rings is 1. The molecule has 2 aliphatic rings. The first-order valence-corrected chi connectivity index (χ1v) is 13.3. The van der Waals surface area contributed by atoms with Crippen molar-refractivity contribution in [2.24, 2.45) is 0 Å². The van der Waals surface area contributed by atoms with E-state index in [0.717, 1.165) is 26.9 Å². The third-order valence-corrected chi connectivity index (χ3v) is 9.51. The third-order valence-electron chi connectivity index (χ3n) is 6.24. The Labute approximate surface area is 201 Å². The molecule has 5 rings (SSSR count). The summed E-state index contributed by atoms with van der Waals surface area (Å²) >= 11 is 7.27. The number of hydrogen-bond donors (Lipinski definition) is 0. The molecule has 0 bridgehead atoms. The van der Waals surface area contributed by atoms with Crippen LogP contribution in [-0.4, -0.2) is 68.2 Å². The number of likely N-dealkylation sites (N-methyl/N-ethyl adjacent to an activating group) is 1. The summed E-state index contributed by atoms with van der Waals surface area (Å²) in [6.07, 6.45) is 0.628. The van der Waals surface area contributed by atoms with E-state index in [1.807, 2.05) is 7.05 Å². The number of benzene rings is 2. The molecule has 3 heterocycles. The predicted molar refractivity (Wildman–Crippen MR) is 127 cm³/mol. The molecule has 2 aromatic carbocycles. The maximum Gasteiger partial charge on any atom is 0.339 e. The zero-order valence-corrected chi connectivity index (χ0v) is 20.4. The number of carbonyl (C=O) groups excluding carboxylic acids is 1. The largest absolute Gasteiger partial charge is 0.617 e. The summed E-state index contributed by atoms with van der Waals surface area (Å²) in [6, 6.07) is 10.3. The first-order valence-electron chi connectivity index (χ1n) is 10.7. The Kier molecular flexibility index (Phi) is 5.82. The topological polar surface area (TPSA) is 87.9 Å². The molecule has 0 saturated carbocycles. The fourth-order valence-corrected chi connectivity index (χ4v) is 7.21. The van der Waals surface area contributed by atoms with E-state index in [1.54, 1.807) is 41.3 Å². The van der Waals surface area contributed by atoms with Gasteiger partial charge in [-0.2, -0.15) is 9.04 Å². The Morgan fingerprint density at radius 1 is 1.06 bits per heavy atom. The molecule has 33 heavy (non-hydrogen) atoms. The van der Waals surface area contributed by atoms with E-state index in [1.165, 1.54) is 15.6 Å². The average molecular weight is 507 g/mol. The first kappa shape index (κ1) is 22.5. The van der Waals surface area contributed by atoms with Gasteiger partial charge in [-0.3, -0.25) is 4.79 Å². The molecule has 1 amide bonds. The van der Waals surface area contributed by atoms with Crippen molar-refractivity contribution in [1.82, 2.24) is 14.1 Å². The van der Waals surface area contributed by atoms with E-state index in [0.29, 0.717) is 23.7 Å². The highest BCUT2D eigenvalue weighted by Gasteiger charge is 2.36. The van der Waals surface area contributed by atoms with Crippen molar-refractivity contribution in [3.05, 3.63) is 62.2 Å². The Morgan fingerprint density at radius 2 is 1.76 bits per heavy atom. The number of sulfonamides is 1. The van der Waals surface area contributed by atoms with Gasteiger partial charge in [0.2, 0.25) is 15.7 Å². The molecule has 8 nitrogen and oxygen atoms in total. The van der Waals surface area contributed by atoms with E-state index in [9.17, 15) is 18.4 Å². The van der Waals surface area contributed by atoms with Gasteiger partial charge in [-0.15, -0.1) is 0 Å². The summed E-state index contributed by atoms with van der Waals surface area (Å²) in [5.74, 6) is -0.327. The minimum absolute atomic E-state index is 0.166. The van der Waals surface area contributed by atoms with Gasteiger partial charge in [0.05, 0.1) is 9.77 Å². The number of hydrogen-bond acceptors (Lipinski definition) is 6. The number of aromatic nitrogens is 1. The number of nitrogens with zero attached hydrogens (tertiary/aromatic N) is 4. The van der Waals surface area contributed by atoms with Crippen LogP contribution in [0.3, 0.4) is 0 Å². The van der Waals surface area contributed by atoms with E-state index >= 15 is 0 Å². The van der Waals surface area contributed by atoms with Crippen LogP contribution in [-0.2, 0) is 23.0 Å². The van der Waals surface area contributed by atoms with Gasteiger partial charge in [-0.05, 0) is 42.1 Å². The number of fused-ring (bicyclic) bond motifs is 2. The lowest BCUT2D eigenvalue weighted by Gasteiger charge is -2.33. The van der Waals surface area contributed by atoms with E-state index < -0.39 is 10.0 Å². The van der Waals surface area contributed by atoms with Gasteiger partial charge in [0.15, 0.2) is 0 Å². The molecule has 0 spiro atoms. The molecular formula is C22H23ClN4O4S2. The summed E-state index contributed by atoms with van der Waals surface area (Å²) in [6.45, 7) is 2.30. The maximum absolute atomic E-state index is 13.2. The van der Waals surface area contributed by atoms with Gasteiger partial charge in [-0.25, -0.2) is 8.42 Å². The minimum atomic E-state index is -3.70. The van der Waals surface area contributed by atoms with Gasteiger partial charge in [0.1, 0.15) is 0 Å². The van der Waals surface area contributed by atoms with Crippen molar-refractivity contribution >= 4 is 49.6 Å². The van der Waals surface area contributed by atoms with Crippen molar-refractivity contribution in [3.8, 4) is 0 Å². The Hall–Kier alpha value is -2.24. The maximum atomic E-state index is 13.2. The van der Waals surface area contributed by atoms with Crippen LogP contribution in [0, 0.1) is 5.21 Å². The Morgan fingerprint density at radius 3 is 2.52 bits per heavy atom. The molecule has 0 N–H and O–H groups in total. The lowest BCUT2D eigenvalue weighted by Crippen LogP contribution is -2.52. The monoisotopic (exact) mass is 506 g/mol. The second kappa shape index (κ2) is 8.52. The van der Waals surface area contributed by atoms with E-state index in [2.05, 4.69) is 4.90 Å². The van der Waals surface area contributed by atoms with Gasteiger partial charge in [0.25, 0.3) is 0 Å². The quantitative estimate of drug-likeness (QED) is 0.402. The van der Waals surface area contributed by atoms with E-state index in [4.69, 9.17) is 11.6 Å².